The number of aromatic nitrogens is 2. The third-order valence-electron chi connectivity index (χ3n) is 6.18. The van der Waals surface area contributed by atoms with Crippen LogP contribution in [0.25, 0.3) is 11.4 Å². The van der Waals surface area contributed by atoms with Gasteiger partial charge in [0.05, 0.1) is 13.7 Å². The van der Waals surface area contributed by atoms with E-state index in [-0.39, 0.29) is 17.7 Å². The summed E-state index contributed by atoms with van der Waals surface area (Å²) >= 11 is 0. The molecule has 0 spiro atoms. The number of anilines is 1. The van der Waals surface area contributed by atoms with Crippen LogP contribution in [0.15, 0.2) is 53.1 Å². The Bertz CT molecular complexity index is 1150. The number of amides is 2. The quantitative estimate of drug-likeness (QED) is 0.577. The highest BCUT2D eigenvalue weighted by atomic mass is 16.5. The van der Waals surface area contributed by atoms with E-state index in [1.165, 1.54) is 0 Å². The van der Waals surface area contributed by atoms with Gasteiger partial charge in [0.1, 0.15) is 5.75 Å². The Labute approximate surface area is 197 Å². The Hall–Kier alpha value is -3.72. The molecule has 0 atom stereocenters. The molecular weight excluding hydrogens is 434 g/mol. The summed E-state index contributed by atoms with van der Waals surface area (Å²) in [5.41, 5.74) is 2.22. The molecule has 1 aromatic heterocycles. The average Bonchev–Trinajstić information content (AvgIpc) is 3.64. The fraction of sp³-hybridized carbons (Fsp3) is 0.360. The van der Waals surface area contributed by atoms with Crippen molar-refractivity contribution in [3.63, 3.8) is 0 Å². The largest absolute Gasteiger partial charge is 0.497 e. The summed E-state index contributed by atoms with van der Waals surface area (Å²) in [6.07, 6.45) is 1.93. The van der Waals surface area contributed by atoms with E-state index in [1.807, 2.05) is 29.2 Å². The number of methoxy groups -OCH3 is 1. The molecule has 0 unspecified atom stereocenters. The number of hydrogen-bond acceptors (Lipinski definition) is 7. The number of rotatable bonds is 7. The van der Waals surface area contributed by atoms with Crippen LogP contribution in [0.5, 0.6) is 5.75 Å². The smallest absolute Gasteiger partial charge is 0.253 e. The first-order chi connectivity index (χ1) is 16.6. The van der Waals surface area contributed by atoms with Crippen molar-refractivity contribution in [2.45, 2.75) is 19.4 Å². The highest BCUT2D eigenvalue weighted by Crippen LogP contribution is 2.30. The van der Waals surface area contributed by atoms with E-state index < -0.39 is 0 Å². The number of benzene rings is 2. The lowest BCUT2D eigenvalue weighted by atomic mass is 10.1. The van der Waals surface area contributed by atoms with Crippen LogP contribution in [0.1, 0.15) is 29.1 Å². The number of carbonyl (C=O) groups is 2. The lowest BCUT2D eigenvalue weighted by Gasteiger charge is -2.34. The fourth-order valence-corrected chi connectivity index (χ4v) is 3.95. The maximum absolute atomic E-state index is 12.9. The molecule has 2 aliphatic rings. The molecule has 5 rings (SSSR count). The summed E-state index contributed by atoms with van der Waals surface area (Å²) < 4.78 is 10.6. The summed E-state index contributed by atoms with van der Waals surface area (Å²) in [5, 5.41) is 6.98. The van der Waals surface area contributed by atoms with Crippen LogP contribution in [0.3, 0.4) is 0 Å². The van der Waals surface area contributed by atoms with Crippen molar-refractivity contribution >= 4 is 17.5 Å². The molecule has 9 heteroatoms. The molecule has 2 aromatic carbocycles. The zero-order valence-electron chi connectivity index (χ0n) is 19.1. The molecule has 9 nitrogen and oxygen atoms in total. The van der Waals surface area contributed by atoms with Gasteiger partial charge >= 0.3 is 0 Å². The van der Waals surface area contributed by atoms with Gasteiger partial charge in [0.25, 0.3) is 5.91 Å². The Morgan fingerprint density at radius 2 is 1.74 bits per heavy atom. The average molecular weight is 462 g/mol. The monoisotopic (exact) mass is 461 g/mol. The van der Waals surface area contributed by atoms with Crippen LogP contribution in [0.2, 0.25) is 0 Å². The minimum Gasteiger partial charge on any atom is -0.497 e. The Kier molecular flexibility index (Phi) is 6.27. The van der Waals surface area contributed by atoms with Gasteiger partial charge in [-0.25, -0.2) is 0 Å². The van der Waals surface area contributed by atoms with Crippen LogP contribution < -0.4 is 10.1 Å². The normalized spacial score (nSPS) is 16.3. The minimum absolute atomic E-state index is 0.000647. The zero-order valence-corrected chi connectivity index (χ0v) is 19.1. The summed E-state index contributed by atoms with van der Waals surface area (Å²) in [6, 6.07) is 14.6. The first-order valence-electron chi connectivity index (χ1n) is 11.5. The molecule has 2 amide bonds. The van der Waals surface area contributed by atoms with Crippen molar-refractivity contribution in [2.75, 3.05) is 38.6 Å². The second-order valence-corrected chi connectivity index (χ2v) is 8.65. The van der Waals surface area contributed by atoms with Gasteiger partial charge in [0, 0.05) is 48.9 Å². The van der Waals surface area contributed by atoms with E-state index in [0.717, 1.165) is 42.9 Å². The summed E-state index contributed by atoms with van der Waals surface area (Å²) in [7, 11) is 1.63. The molecule has 1 saturated carbocycles. The van der Waals surface area contributed by atoms with Crippen molar-refractivity contribution in [1.82, 2.24) is 19.9 Å². The number of hydrogen-bond donors (Lipinski definition) is 1. The first-order valence-corrected chi connectivity index (χ1v) is 11.5. The number of carbonyl (C=O) groups excluding carboxylic acids is 2. The molecule has 176 valence electrons. The Balaban J connectivity index is 1.12. The van der Waals surface area contributed by atoms with Gasteiger partial charge in [-0.2, -0.15) is 4.98 Å². The molecule has 2 heterocycles. The Morgan fingerprint density at radius 3 is 2.38 bits per heavy atom. The van der Waals surface area contributed by atoms with Crippen molar-refractivity contribution in [2.24, 2.45) is 5.92 Å². The number of piperazine rings is 1. The van der Waals surface area contributed by atoms with E-state index in [1.54, 1.807) is 31.4 Å². The Morgan fingerprint density at radius 1 is 1.03 bits per heavy atom. The topological polar surface area (TPSA) is 101 Å². The molecule has 34 heavy (non-hydrogen) atoms. The van der Waals surface area contributed by atoms with Gasteiger partial charge in [0.2, 0.25) is 17.6 Å². The molecule has 1 aliphatic heterocycles. The molecule has 0 bridgehead atoms. The second-order valence-electron chi connectivity index (χ2n) is 8.65. The van der Waals surface area contributed by atoms with Gasteiger partial charge in [-0.3, -0.25) is 14.5 Å². The van der Waals surface area contributed by atoms with Gasteiger partial charge < -0.3 is 19.5 Å². The fourth-order valence-electron chi connectivity index (χ4n) is 3.95. The van der Waals surface area contributed by atoms with Gasteiger partial charge in [-0.05, 0) is 61.4 Å². The van der Waals surface area contributed by atoms with Crippen LogP contribution in [-0.2, 0) is 11.3 Å². The lowest BCUT2D eigenvalue weighted by molar-refractivity contribution is -0.117. The van der Waals surface area contributed by atoms with E-state index in [4.69, 9.17) is 9.26 Å². The highest BCUT2D eigenvalue weighted by molar-refractivity contribution is 5.96. The third-order valence-corrected chi connectivity index (χ3v) is 6.18. The number of nitrogens with one attached hydrogen (secondary N) is 1. The van der Waals surface area contributed by atoms with Crippen molar-refractivity contribution in [3.8, 4) is 17.1 Å². The third kappa shape index (κ3) is 5.09. The molecular formula is C25H27N5O4. The van der Waals surface area contributed by atoms with Crippen LogP contribution >= 0.6 is 0 Å². The zero-order chi connectivity index (χ0) is 23.5. The predicted octanol–water partition coefficient (Wildman–Crippen LogP) is 3.05. The van der Waals surface area contributed by atoms with Gasteiger partial charge in [0.15, 0.2) is 0 Å². The van der Waals surface area contributed by atoms with Crippen LogP contribution in [0.4, 0.5) is 5.69 Å². The molecule has 1 saturated heterocycles. The standard InChI is InChI=1S/C25H27N5O4/c1-33-21-10-6-17(7-11-21)23-27-22(34-28-23)16-29-12-14-30(15-13-29)25(32)19-4-8-20(9-5-19)26-24(31)18-2-3-18/h4-11,18H,2-3,12-16H2,1H3,(H,26,31). The maximum atomic E-state index is 12.9. The summed E-state index contributed by atoms with van der Waals surface area (Å²) in [5.74, 6) is 2.08. The highest BCUT2D eigenvalue weighted by Gasteiger charge is 2.29. The van der Waals surface area contributed by atoms with Gasteiger partial charge in [-0.1, -0.05) is 5.16 Å². The number of nitrogens with zero attached hydrogens (tertiary/aromatic N) is 4. The van der Waals surface area contributed by atoms with E-state index in [0.29, 0.717) is 36.9 Å². The van der Waals surface area contributed by atoms with E-state index in [9.17, 15) is 9.59 Å². The predicted molar refractivity (Wildman–Crippen MR) is 125 cm³/mol. The van der Waals surface area contributed by atoms with Crippen molar-refractivity contribution < 1.29 is 18.8 Å². The lowest BCUT2D eigenvalue weighted by Crippen LogP contribution is -2.48. The second kappa shape index (κ2) is 9.64. The minimum atomic E-state index is -0.000647. The van der Waals surface area contributed by atoms with Crippen molar-refractivity contribution in [1.29, 1.82) is 0 Å². The van der Waals surface area contributed by atoms with Crippen LogP contribution in [-0.4, -0.2) is 65.0 Å². The maximum Gasteiger partial charge on any atom is 0.253 e. The molecule has 1 N–H and O–H groups in total. The summed E-state index contributed by atoms with van der Waals surface area (Å²) in [4.78, 5) is 33.3. The van der Waals surface area contributed by atoms with Crippen LogP contribution in [0, 0.1) is 5.92 Å². The molecule has 2 fully saturated rings. The summed E-state index contributed by atoms with van der Waals surface area (Å²) in [6.45, 7) is 3.24. The van der Waals surface area contributed by atoms with E-state index in [2.05, 4.69) is 20.4 Å². The molecule has 0 radical (unpaired) electrons. The van der Waals surface area contributed by atoms with Crippen molar-refractivity contribution in [3.05, 3.63) is 60.0 Å². The van der Waals surface area contributed by atoms with E-state index >= 15 is 0 Å². The molecule has 3 aromatic rings. The van der Waals surface area contributed by atoms with Gasteiger partial charge in [-0.15, -0.1) is 0 Å². The molecule has 1 aliphatic carbocycles. The SMILES string of the molecule is COc1ccc(-c2noc(CN3CCN(C(=O)c4ccc(NC(=O)C5CC5)cc4)CC3)n2)cc1. The first kappa shape index (κ1) is 22.1. The number of ether oxygens (including phenoxy) is 1.